The zero-order chi connectivity index (χ0) is 26.7. The summed E-state index contributed by atoms with van der Waals surface area (Å²) in [4.78, 5) is 62.0. The van der Waals surface area contributed by atoms with E-state index in [9.17, 15) is 29.1 Å². The Morgan fingerprint density at radius 3 is 2.06 bits per heavy atom. The second-order valence-electron chi connectivity index (χ2n) is 10.2. The number of rotatable bonds is 8. The van der Waals surface area contributed by atoms with Crippen molar-refractivity contribution in [2.75, 3.05) is 6.54 Å². The molecular weight excluding hydrogens is 454 g/mol. The average molecular weight is 498 g/mol. The summed E-state index contributed by atoms with van der Waals surface area (Å²) in [7, 11) is 0. The fraction of sp³-hybridized carbons (Fsp3) is 0.792. The van der Waals surface area contributed by atoms with Crippen LogP contribution in [0.5, 0.6) is 0 Å². The van der Waals surface area contributed by atoms with Gasteiger partial charge in [0.05, 0.1) is 0 Å². The lowest BCUT2D eigenvalue weighted by Gasteiger charge is -2.29. The molecule has 0 aromatic carbocycles. The van der Waals surface area contributed by atoms with Crippen LogP contribution in [-0.2, 0) is 19.2 Å². The van der Waals surface area contributed by atoms with E-state index < -0.39 is 36.0 Å². The van der Waals surface area contributed by atoms with Crippen LogP contribution in [0.2, 0.25) is 0 Å². The van der Waals surface area contributed by atoms with Gasteiger partial charge >= 0.3 is 12.0 Å². The van der Waals surface area contributed by atoms with E-state index in [0.717, 1.165) is 0 Å². The van der Waals surface area contributed by atoms with E-state index in [0.29, 0.717) is 38.6 Å². The standard InChI is InChI=1S/C24H43N5O6/c1-13(2)16-10-11-18(30)25-12-8-7-9-17(21(31)26-16)27-22(32)19(14(3)4)28-24(35)29-20(15(5)6)23(33)34/h13-17,19-20H,7-12H2,1-6H3,(H,25,30)(H,26,31)(H,27,32)(H,33,34)(H2,28,29,35)/t16-,17+,19+,20+/m1/s1. The minimum Gasteiger partial charge on any atom is -0.480 e. The highest BCUT2D eigenvalue weighted by Gasteiger charge is 2.31. The van der Waals surface area contributed by atoms with Gasteiger partial charge in [-0.25, -0.2) is 9.59 Å². The Hall–Kier alpha value is -2.85. The lowest BCUT2D eigenvalue weighted by molar-refractivity contribution is -0.140. The van der Waals surface area contributed by atoms with Crippen molar-refractivity contribution in [3.05, 3.63) is 0 Å². The Bertz CT molecular complexity index is 755. The van der Waals surface area contributed by atoms with E-state index in [1.807, 2.05) is 13.8 Å². The van der Waals surface area contributed by atoms with Crippen LogP contribution in [-0.4, -0.2) is 65.5 Å². The second kappa shape index (κ2) is 14.5. The maximum absolute atomic E-state index is 13.1. The topological polar surface area (TPSA) is 166 Å². The van der Waals surface area contributed by atoms with Gasteiger partial charge in [0.25, 0.3) is 0 Å². The lowest BCUT2D eigenvalue weighted by atomic mass is 9.97. The molecule has 1 heterocycles. The van der Waals surface area contributed by atoms with Gasteiger partial charge in [0.1, 0.15) is 18.1 Å². The summed E-state index contributed by atoms with van der Waals surface area (Å²) >= 11 is 0. The molecule has 35 heavy (non-hydrogen) atoms. The third kappa shape index (κ3) is 10.5. The molecule has 0 bridgehead atoms. The van der Waals surface area contributed by atoms with Crippen LogP contribution in [0, 0.1) is 17.8 Å². The van der Waals surface area contributed by atoms with E-state index in [1.165, 1.54) is 0 Å². The number of carboxylic acids is 1. The number of urea groups is 1. The molecule has 6 N–H and O–H groups in total. The third-order valence-corrected chi connectivity index (χ3v) is 6.14. The van der Waals surface area contributed by atoms with Crippen LogP contribution >= 0.6 is 0 Å². The largest absolute Gasteiger partial charge is 0.480 e. The van der Waals surface area contributed by atoms with Crippen LogP contribution in [0.4, 0.5) is 4.79 Å². The molecule has 0 aromatic heterocycles. The normalized spacial score (nSPS) is 21.7. The van der Waals surface area contributed by atoms with Crippen LogP contribution in [0.1, 0.15) is 73.6 Å². The molecule has 0 aromatic rings. The maximum Gasteiger partial charge on any atom is 0.326 e. The van der Waals surface area contributed by atoms with Crippen molar-refractivity contribution in [2.45, 2.75) is 97.8 Å². The molecule has 1 fully saturated rings. The SMILES string of the molecule is CC(C)[C@H](NC(=O)N[C@H](C(=O)N[C@H]1CCCCNC(=O)CC[C@H](C(C)C)NC1=O)C(C)C)C(=O)O. The fourth-order valence-corrected chi connectivity index (χ4v) is 3.83. The minimum atomic E-state index is -1.17. The number of hydrogen-bond donors (Lipinski definition) is 6. The number of carbonyl (C=O) groups is 5. The first-order valence-electron chi connectivity index (χ1n) is 12.5. The summed E-state index contributed by atoms with van der Waals surface area (Å²) in [5.41, 5.74) is 0. The monoisotopic (exact) mass is 497 g/mol. The predicted octanol–water partition coefficient (Wildman–Crippen LogP) is 1.13. The molecule has 0 aliphatic carbocycles. The van der Waals surface area contributed by atoms with Gasteiger partial charge in [0, 0.05) is 19.0 Å². The first-order chi connectivity index (χ1) is 16.3. The Morgan fingerprint density at radius 2 is 1.51 bits per heavy atom. The van der Waals surface area contributed by atoms with E-state index in [1.54, 1.807) is 27.7 Å². The molecule has 1 saturated heterocycles. The molecule has 4 atom stereocenters. The summed E-state index contributed by atoms with van der Waals surface area (Å²) in [5, 5.41) is 22.9. The van der Waals surface area contributed by atoms with Crippen molar-refractivity contribution in [1.29, 1.82) is 0 Å². The molecule has 5 amide bonds. The van der Waals surface area contributed by atoms with Gasteiger partial charge in [-0.3, -0.25) is 14.4 Å². The predicted molar refractivity (Wildman–Crippen MR) is 131 cm³/mol. The third-order valence-electron chi connectivity index (χ3n) is 6.14. The summed E-state index contributed by atoms with van der Waals surface area (Å²) in [6.45, 7) is 11.3. The zero-order valence-electron chi connectivity index (χ0n) is 21.8. The molecule has 0 unspecified atom stereocenters. The molecular formula is C24H43N5O6. The van der Waals surface area contributed by atoms with Crippen LogP contribution in [0.15, 0.2) is 0 Å². The number of nitrogens with one attached hydrogen (secondary N) is 5. The minimum absolute atomic E-state index is 0.0398. The van der Waals surface area contributed by atoms with Crippen molar-refractivity contribution in [2.24, 2.45) is 17.8 Å². The van der Waals surface area contributed by atoms with Gasteiger partial charge in [-0.15, -0.1) is 0 Å². The molecule has 1 rings (SSSR count). The highest BCUT2D eigenvalue weighted by atomic mass is 16.4. The summed E-state index contributed by atoms with van der Waals surface area (Å²) in [6, 6.07) is -3.85. The van der Waals surface area contributed by atoms with Crippen molar-refractivity contribution in [1.82, 2.24) is 26.6 Å². The smallest absolute Gasteiger partial charge is 0.326 e. The fourth-order valence-electron chi connectivity index (χ4n) is 3.83. The first-order valence-corrected chi connectivity index (χ1v) is 12.5. The Labute approximate surface area is 207 Å². The Morgan fingerprint density at radius 1 is 0.914 bits per heavy atom. The summed E-state index contributed by atoms with van der Waals surface area (Å²) in [5.74, 6) is -2.60. The Balaban J connectivity index is 2.94. The molecule has 0 saturated carbocycles. The Kier molecular flexibility index (Phi) is 12.5. The molecule has 200 valence electrons. The van der Waals surface area contributed by atoms with Crippen molar-refractivity contribution in [3.8, 4) is 0 Å². The van der Waals surface area contributed by atoms with E-state index in [-0.39, 0.29) is 35.6 Å². The van der Waals surface area contributed by atoms with E-state index in [4.69, 9.17) is 0 Å². The summed E-state index contributed by atoms with van der Waals surface area (Å²) in [6.07, 6.45) is 2.46. The molecule has 11 heteroatoms. The first kappa shape index (κ1) is 30.2. The van der Waals surface area contributed by atoms with E-state index in [2.05, 4.69) is 26.6 Å². The summed E-state index contributed by atoms with van der Waals surface area (Å²) < 4.78 is 0. The van der Waals surface area contributed by atoms with Gasteiger partial charge in [0.2, 0.25) is 17.7 Å². The molecule has 0 spiro atoms. The number of carboxylic acid groups (broad SMARTS) is 1. The zero-order valence-corrected chi connectivity index (χ0v) is 21.8. The lowest BCUT2D eigenvalue weighted by Crippen LogP contribution is -2.59. The van der Waals surface area contributed by atoms with Gasteiger partial charge in [-0.05, 0) is 43.4 Å². The highest BCUT2D eigenvalue weighted by Crippen LogP contribution is 2.12. The van der Waals surface area contributed by atoms with Crippen LogP contribution in [0.3, 0.4) is 0 Å². The number of aliphatic carboxylic acids is 1. The molecule has 0 radical (unpaired) electrons. The van der Waals surface area contributed by atoms with Crippen LogP contribution < -0.4 is 26.6 Å². The molecule has 11 nitrogen and oxygen atoms in total. The van der Waals surface area contributed by atoms with Gasteiger partial charge < -0.3 is 31.7 Å². The number of hydrogen-bond acceptors (Lipinski definition) is 5. The van der Waals surface area contributed by atoms with Gasteiger partial charge in [-0.1, -0.05) is 41.5 Å². The number of carbonyl (C=O) groups excluding carboxylic acids is 4. The van der Waals surface area contributed by atoms with Crippen molar-refractivity contribution >= 4 is 29.7 Å². The van der Waals surface area contributed by atoms with Crippen molar-refractivity contribution < 1.29 is 29.1 Å². The number of amides is 5. The molecule has 1 aliphatic rings. The van der Waals surface area contributed by atoms with E-state index >= 15 is 0 Å². The molecule has 1 aliphatic heterocycles. The maximum atomic E-state index is 13.1. The van der Waals surface area contributed by atoms with Crippen LogP contribution in [0.25, 0.3) is 0 Å². The van der Waals surface area contributed by atoms with Gasteiger partial charge in [-0.2, -0.15) is 0 Å². The van der Waals surface area contributed by atoms with Gasteiger partial charge in [0.15, 0.2) is 0 Å². The average Bonchev–Trinajstić information content (AvgIpc) is 2.75. The quantitative estimate of drug-likeness (QED) is 0.294. The van der Waals surface area contributed by atoms with Crippen molar-refractivity contribution in [3.63, 3.8) is 0 Å². The highest BCUT2D eigenvalue weighted by molar-refractivity contribution is 5.92. The second-order valence-corrected chi connectivity index (χ2v) is 10.2.